The third-order valence-corrected chi connectivity index (χ3v) is 5.22. The van der Waals surface area contributed by atoms with Crippen molar-refractivity contribution >= 4 is 10.8 Å². The lowest BCUT2D eigenvalue weighted by molar-refractivity contribution is 0.414. The van der Waals surface area contributed by atoms with Gasteiger partial charge in [0.1, 0.15) is 5.75 Å². The summed E-state index contributed by atoms with van der Waals surface area (Å²) in [6.45, 7) is 2.01. The van der Waals surface area contributed by atoms with Crippen molar-refractivity contribution in [2.45, 2.75) is 6.92 Å². The summed E-state index contributed by atoms with van der Waals surface area (Å²) in [5.74, 6) is 1.50. The van der Waals surface area contributed by atoms with Gasteiger partial charge in [0.25, 0.3) is 11.4 Å². The van der Waals surface area contributed by atoms with E-state index in [1.807, 2.05) is 79.7 Å². The van der Waals surface area contributed by atoms with Gasteiger partial charge in [0.2, 0.25) is 5.82 Å². The van der Waals surface area contributed by atoms with Gasteiger partial charge in [0.05, 0.1) is 12.7 Å². The van der Waals surface area contributed by atoms with Gasteiger partial charge in [-0.05, 0) is 37.3 Å². The Balaban J connectivity index is 1.70. The van der Waals surface area contributed by atoms with Crippen molar-refractivity contribution in [1.82, 2.24) is 14.7 Å². The highest BCUT2D eigenvalue weighted by Crippen LogP contribution is 2.29. The summed E-state index contributed by atoms with van der Waals surface area (Å²) in [5.41, 5.74) is 3.27. The first-order valence-corrected chi connectivity index (χ1v) is 9.84. The predicted molar refractivity (Wildman–Crippen MR) is 120 cm³/mol. The molecule has 6 heteroatoms. The molecule has 0 fully saturated rings. The fourth-order valence-corrected chi connectivity index (χ4v) is 3.57. The molecule has 0 aliphatic heterocycles. The lowest BCUT2D eigenvalue weighted by Crippen LogP contribution is -2.18. The van der Waals surface area contributed by atoms with E-state index >= 15 is 0 Å². The molecule has 0 bridgehead atoms. The molecule has 5 aromatic rings. The Kier molecular flexibility index (Phi) is 4.59. The van der Waals surface area contributed by atoms with Gasteiger partial charge in [0, 0.05) is 28.2 Å². The molecule has 0 N–H and O–H groups in total. The van der Waals surface area contributed by atoms with Crippen LogP contribution in [0.3, 0.4) is 0 Å². The maximum absolute atomic E-state index is 13.2. The molecule has 6 nitrogen and oxygen atoms in total. The van der Waals surface area contributed by atoms with E-state index in [2.05, 4.69) is 10.1 Å². The fraction of sp³-hybridized carbons (Fsp3) is 0.0800. The molecule has 0 aliphatic carbocycles. The quantitative estimate of drug-likeness (QED) is 0.417. The van der Waals surface area contributed by atoms with Crippen LogP contribution in [-0.4, -0.2) is 21.8 Å². The number of nitrogens with zero attached hydrogens (tertiary/aromatic N) is 3. The molecule has 152 valence electrons. The van der Waals surface area contributed by atoms with Gasteiger partial charge in [-0.3, -0.25) is 9.36 Å². The first-order chi connectivity index (χ1) is 15.1. The number of methoxy groups -OCH3 is 1. The molecule has 0 saturated heterocycles. The SMILES string of the molecule is COc1cccc(-c2noc(-c3cn(-c4ccc(C)cc4)c(=O)c4ccccc34)n2)c1. The van der Waals surface area contributed by atoms with Crippen molar-refractivity contribution in [3.63, 3.8) is 0 Å². The molecule has 0 aliphatic rings. The number of hydrogen-bond donors (Lipinski definition) is 0. The Hall–Kier alpha value is -4.19. The molecule has 0 spiro atoms. The average molecular weight is 409 g/mol. The van der Waals surface area contributed by atoms with Gasteiger partial charge in [-0.2, -0.15) is 4.98 Å². The largest absolute Gasteiger partial charge is 0.497 e. The highest BCUT2D eigenvalue weighted by atomic mass is 16.5. The molecule has 2 heterocycles. The van der Waals surface area contributed by atoms with Crippen LogP contribution in [0.15, 0.2) is 88.3 Å². The zero-order chi connectivity index (χ0) is 21.4. The van der Waals surface area contributed by atoms with Crippen LogP contribution >= 0.6 is 0 Å². The van der Waals surface area contributed by atoms with Gasteiger partial charge >= 0.3 is 0 Å². The first-order valence-electron chi connectivity index (χ1n) is 9.84. The zero-order valence-electron chi connectivity index (χ0n) is 17.1. The molecule has 0 radical (unpaired) electrons. The highest BCUT2D eigenvalue weighted by molar-refractivity contribution is 5.94. The van der Waals surface area contributed by atoms with Crippen LogP contribution in [0.5, 0.6) is 5.75 Å². The van der Waals surface area contributed by atoms with Crippen LogP contribution in [0.1, 0.15) is 5.56 Å². The van der Waals surface area contributed by atoms with Crippen molar-refractivity contribution < 1.29 is 9.26 Å². The molecular formula is C25H19N3O3. The normalized spacial score (nSPS) is 11.0. The topological polar surface area (TPSA) is 70.2 Å². The van der Waals surface area contributed by atoms with Crippen LogP contribution in [0.2, 0.25) is 0 Å². The first kappa shape index (κ1) is 18.8. The molecule has 0 amide bonds. The number of benzene rings is 3. The zero-order valence-corrected chi connectivity index (χ0v) is 17.1. The Morgan fingerprint density at radius 3 is 2.48 bits per heavy atom. The molecule has 5 rings (SSSR count). The summed E-state index contributed by atoms with van der Waals surface area (Å²) in [4.78, 5) is 17.8. The Labute approximate surface area is 178 Å². The number of aryl methyl sites for hydroxylation is 1. The molecule has 3 aromatic carbocycles. The second-order valence-electron chi connectivity index (χ2n) is 7.25. The second-order valence-corrected chi connectivity index (χ2v) is 7.25. The van der Waals surface area contributed by atoms with Gasteiger partial charge in [-0.15, -0.1) is 0 Å². The third-order valence-electron chi connectivity index (χ3n) is 5.22. The monoisotopic (exact) mass is 409 g/mol. The van der Waals surface area contributed by atoms with E-state index in [1.165, 1.54) is 0 Å². The minimum absolute atomic E-state index is 0.101. The van der Waals surface area contributed by atoms with E-state index in [9.17, 15) is 4.79 Å². The molecule has 2 aromatic heterocycles. The Bertz CT molecular complexity index is 1450. The summed E-state index contributed by atoms with van der Waals surface area (Å²) in [6, 6.07) is 22.7. The molecule has 0 atom stereocenters. The van der Waals surface area contributed by atoms with Crippen LogP contribution in [-0.2, 0) is 0 Å². The number of pyridine rings is 1. The van der Waals surface area contributed by atoms with E-state index in [-0.39, 0.29) is 5.56 Å². The van der Waals surface area contributed by atoms with E-state index in [0.717, 1.165) is 22.2 Å². The number of ether oxygens (including phenoxy) is 1. The Morgan fingerprint density at radius 2 is 1.71 bits per heavy atom. The van der Waals surface area contributed by atoms with Crippen LogP contribution in [0.25, 0.3) is 39.3 Å². The summed E-state index contributed by atoms with van der Waals surface area (Å²) < 4.78 is 12.5. The summed E-state index contributed by atoms with van der Waals surface area (Å²) >= 11 is 0. The lowest BCUT2D eigenvalue weighted by Gasteiger charge is -2.10. The van der Waals surface area contributed by atoms with Gasteiger partial charge in [-0.25, -0.2) is 0 Å². The predicted octanol–water partition coefficient (Wildman–Crippen LogP) is 5.02. The average Bonchev–Trinajstić information content (AvgIpc) is 3.30. The Morgan fingerprint density at radius 1 is 0.935 bits per heavy atom. The second kappa shape index (κ2) is 7.57. The fourth-order valence-electron chi connectivity index (χ4n) is 3.57. The summed E-state index contributed by atoms with van der Waals surface area (Å²) in [6.07, 6.45) is 1.76. The van der Waals surface area contributed by atoms with Crippen LogP contribution in [0.4, 0.5) is 0 Å². The maximum Gasteiger partial charge on any atom is 0.262 e. The maximum atomic E-state index is 13.2. The molecule has 0 saturated carbocycles. The van der Waals surface area contributed by atoms with Crippen LogP contribution < -0.4 is 10.3 Å². The number of hydrogen-bond acceptors (Lipinski definition) is 5. The van der Waals surface area contributed by atoms with Gasteiger partial charge < -0.3 is 9.26 Å². The summed E-state index contributed by atoms with van der Waals surface area (Å²) in [7, 11) is 1.61. The minimum atomic E-state index is -0.101. The molecular weight excluding hydrogens is 390 g/mol. The van der Waals surface area contributed by atoms with Crippen molar-refractivity contribution in [3.8, 4) is 34.3 Å². The minimum Gasteiger partial charge on any atom is -0.497 e. The number of aromatic nitrogens is 3. The van der Waals surface area contributed by atoms with Crippen molar-refractivity contribution in [2.24, 2.45) is 0 Å². The third kappa shape index (κ3) is 3.38. The lowest BCUT2D eigenvalue weighted by atomic mass is 10.1. The van der Waals surface area contributed by atoms with Crippen molar-refractivity contribution in [3.05, 3.63) is 94.9 Å². The molecule has 31 heavy (non-hydrogen) atoms. The van der Waals surface area contributed by atoms with E-state index in [1.54, 1.807) is 17.9 Å². The van der Waals surface area contributed by atoms with Crippen molar-refractivity contribution in [2.75, 3.05) is 7.11 Å². The van der Waals surface area contributed by atoms with E-state index in [0.29, 0.717) is 28.4 Å². The van der Waals surface area contributed by atoms with E-state index in [4.69, 9.17) is 9.26 Å². The number of rotatable bonds is 4. The smallest absolute Gasteiger partial charge is 0.262 e. The van der Waals surface area contributed by atoms with Gasteiger partial charge in [0.15, 0.2) is 0 Å². The van der Waals surface area contributed by atoms with Gasteiger partial charge in [-0.1, -0.05) is 53.2 Å². The molecule has 0 unspecified atom stereocenters. The van der Waals surface area contributed by atoms with Crippen LogP contribution in [0, 0.1) is 6.92 Å². The summed E-state index contributed by atoms with van der Waals surface area (Å²) in [5, 5.41) is 5.50. The standard InChI is InChI=1S/C25H19N3O3/c1-16-10-12-18(13-11-16)28-15-22(20-8-3-4-9-21(20)25(28)29)24-26-23(27-31-24)17-6-5-7-19(14-17)30-2/h3-15H,1-2H3. The van der Waals surface area contributed by atoms with Crippen molar-refractivity contribution in [1.29, 1.82) is 0 Å². The number of fused-ring (bicyclic) bond motifs is 1. The highest BCUT2D eigenvalue weighted by Gasteiger charge is 2.17. The van der Waals surface area contributed by atoms with E-state index < -0.39 is 0 Å².